The standard InChI is InChI=1S/C14H21FN2/c1-3-17(10-11-7-8-11)14-12(9-16-2)5-4-6-13(14)15/h4-6,11,16H,3,7-10H2,1-2H3. The monoisotopic (exact) mass is 236 g/mol. The largest absolute Gasteiger partial charge is 0.369 e. The van der Waals surface area contributed by atoms with E-state index in [1.165, 1.54) is 12.8 Å². The molecule has 94 valence electrons. The van der Waals surface area contributed by atoms with Gasteiger partial charge in [-0.05, 0) is 44.4 Å². The third-order valence-electron chi connectivity index (χ3n) is 3.31. The molecule has 0 unspecified atom stereocenters. The summed E-state index contributed by atoms with van der Waals surface area (Å²) >= 11 is 0. The van der Waals surface area contributed by atoms with Crippen LogP contribution in [0.2, 0.25) is 0 Å². The molecule has 0 bridgehead atoms. The minimum atomic E-state index is -0.0970. The van der Waals surface area contributed by atoms with Gasteiger partial charge in [0.2, 0.25) is 0 Å². The Bertz CT molecular complexity index is 374. The summed E-state index contributed by atoms with van der Waals surface area (Å²) in [4.78, 5) is 2.18. The summed E-state index contributed by atoms with van der Waals surface area (Å²) < 4.78 is 14.0. The molecule has 1 aromatic rings. The van der Waals surface area contributed by atoms with Crippen molar-refractivity contribution >= 4 is 5.69 Å². The van der Waals surface area contributed by atoms with E-state index in [1.807, 2.05) is 13.1 Å². The van der Waals surface area contributed by atoms with E-state index in [0.717, 1.165) is 30.3 Å². The number of anilines is 1. The van der Waals surface area contributed by atoms with Crippen molar-refractivity contribution in [2.24, 2.45) is 5.92 Å². The lowest BCUT2D eigenvalue weighted by Crippen LogP contribution is -2.28. The van der Waals surface area contributed by atoms with Crippen LogP contribution in [-0.2, 0) is 6.54 Å². The summed E-state index contributed by atoms with van der Waals surface area (Å²) in [6.07, 6.45) is 2.60. The normalized spacial score (nSPS) is 15.0. The van der Waals surface area contributed by atoms with Crippen molar-refractivity contribution in [2.45, 2.75) is 26.3 Å². The second-order valence-corrected chi connectivity index (χ2v) is 4.76. The molecule has 2 nitrogen and oxygen atoms in total. The van der Waals surface area contributed by atoms with Gasteiger partial charge in [-0.2, -0.15) is 0 Å². The van der Waals surface area contributed by atoms with Crippen LogP contribution in [0.3, 0.4) is 0 Å². The molecule has 0 atom stereocenters. The number of rotatable bonds is 6. The predicted molar refractivity (Wildman–Crippen MR) is 69.8 cm³/mol. The molecule has 1 aliphatic carbocycles. The molecule has 0 aromatic heterocycles. The Labute approximate surface area is 103 Å². The van der Waals surface area contributed by atoms with Crippen LogP contribution < -0.4 is 10.2 Å². The first-order chi connectivity index (χ1) is 8.26. The Morgan fingerprint density at radius 1 is 1.41 bits per heavy atom. The average Bonchev–Trinajstić information content (AvgIpc) is 3.11. The van der Waals surface area contributed by atoms with Crippen molar-refractivity contribution in [1.82, 2.24) is 5.32 Å². The van der Waals surface area contributed by atoms with Crippen molar-refractivity contribution in [3.63, 3.8) is 0 Å². The zero-order valence-corrected chi connectivity index (χ0v) is 10.7. The second-order valence-electron chi connectivity index (χ2n) is 4.76. The fourth-order valence-electron chi connectivity index (χ4n) is 2.24. The molecule has 1 aliphatic rings. The van der Waals surface area contributed by atoms with Crippen LogP contribution in [0.4, 0.5) is 10.1 Å². The third-order valence-corrected chi connectivity index (χ3v) is 3.31. The van der Waals surface area contributed by atoms with Crippen molar-refractivity contribution in [3.8, 4) is 0 Å². The molecule has 1 aromatic carbocycles. The van der Waals surface area contributed by atoms with Crippen LogP contribution >= 0.6 is 0 Å². The van der Waals surface area contributed by atoms with Gasteiger partial charge in [0.15, 0.2) is 0 Å². The van der Waals surface area contributed by atoms with Crippen LogP contribution in [0.1, 0.15) is 25.3 Å². The van der Waals surface area contributed by atoms with Crippen molar-refractivity contribution in [3.05, 3.63) is 29.6 Å². The minimum absolute atomic E-state index is 0.0970. The molecule has 3 heteroatoms. The van der Waals surface area contributed by atoms with Crippen molar-refractivity contribution < 1.29 is 4.39 Å². The first-order valence-electron chi connectivity index (χ1n) is 6.43. The quantitative estimate of drug-likeness (QED) is 0.817. The van der Waals surface area contributed by atoms with E-state index in [-0.39, 0.29) is 5.82 Å². The summed E-state index contributed by atoms with van der Waals surface area (Å²) in [6.45, 7) is 4.68. The van der Waals surface area contributed by atoms with Gasteiger partial charge in [-0.15, -0.1) is 0 Å². The van der Waals surface area contributed by atoms with Gasteiger partial charge in [-0.3, -0.25) is 0 Å². The lowest BCUT2D eigenvalue weighted by molar-refractivity contribution is 0.608. The summed E-state index contributed by atoms with van der Waals surface area (Å²) in [5, 5.41) is 3.11. The van der Waals surface area contributed by atoms with Crippen molar-refractivity contribution in [1.29, 1.82) is 0 Å². The van der Waals surface area contributed by atoms with E-state index in [1.54, 1.807) is 12.1 Å². The van der Waals surface area contributed by atoms with E-state index in [4.69, 9.17) is 0 Å². The van der Waals surface area contributed by atoms with Crippen LogP contribution in [0, 0.1) is 11.7 Å². The van der Waals surface area contributed by atoms with Crippen LogP contribution in [0.5, 0.6) is 0 Å². The summed E-state index contributed by atoms with van der Waals surface area (Å²) in [5.74, 6) is 0.678. The molecule has 0 aliphatic heterocycles. The van der Waals surface area contributed by atoms with Gasteiger partial charge in [0, 0.05) is 19.6 Å². The minimum Gasteiger partial charge on any atom is -0.369 e. The topological polar surface area (TPSA) is 15.3 Å². The first kappa shape index (κ1) is 12.4. The molecular weight excluding hydrogens is 215 g/mol. The fraction of sp³-hybridized carbons (Fsp3) is 0.571. The molecule has 0 heterocycles. The number of hydrogen-bond acceptors (Lipinski definition) is 2. The third kappa shape index (κ3) is 2.97. The van der Waals surface area contributed by atoms with Crippen LogP contribution in [0.25, 0.3) is 0 Å². The molecule has 0 radical (unpaired) electrons. The number of nitrogens with one attached hydrogen (secondary N) is 1. The fourth-order valence-corrected chi connectivity index (χ4v) is 2.24. The Morgan fingerprint density at radius 2 is 2.18 bits per heavy atom. The van der Waals surface area contributed by atoms with Crippen molar-refractivity contribution in [2.75, 3.05) is 25.0 Å². The maximum Gasteiger partial charge on any atom is 0.146 e. The van der Waals surface area contributed by atoms with Gasteiger partial charge >= 0.3 is 0 Å². The summed E-state index contributed by atoms with van der Waals surface area (Å²) in [7, 11) is 1.89. The molecule has 1 N–H and O–H groups in total. The molecular formula is C14H21FN2. The van der Waals surface area contributed by atoms with Gasteiger partial charge in [-0.25, -0.2) is 4.39 Å². The highest BCUT2D eigenvalue weighted by Crippen LogP contribution is 2.33. The molecule has 0 amide bonds. The molecule has 0 spiro atoms. The Balaban J connectivity index is 2.25. The SMILES string of the molecule is CCN(CC1CC1)c1c(F)cccc1CNC. The van der Waals surface area contributed by atoms with Crippen LogP contribution in [-0.4, -0.2) is 20.1 Å². The molecule has 1 saturated carbocycles. The molecule has 17 heavy (non-hydrogen) atoms. The molecule has 2 rings (SSSR count). The zero-order valence-electron chi connectivity index (χ0n) is 10.7. The van der Waals surface area contributed by atoms with E-state index in [2.05, 4.69) is 17.1 Å². The van der Waals surface area contributed by atoms with Gasteiger partial charge in [0.25, 0.3) is 0 Å². The summed E-state index contributed by atoms with van der Waals surface area (Å²) in [5.41, 5.74) is 1.84. The Hall–Kier alpha value is -1.09. The van der Waals surface area contributed by atoms with Gasteiger partial charge in [0.1, 0.15) is 5.82 Å². The number of hydrogen-bond donors (Lipinski definition) is 1. The zero-order chi connectivity index (χ0) is 12.3. The maximum atomic E-state index is 14.0. The lowest BCUT2D eigenvalue weighted by Gasteiger charge is -2.26. The van der Waals surface area contributed by atoms with E-state index >= 15 is 0 Å². The van der Waals surface area contributed by atoms with E-state index < -0.39 is 0 Å². The maximum absolute atomic E-state index is 14.0. The number of para-hydroxylation sites is 1. The Morgan fingerprint density at radius 3 is 2.76 bits per heavy atom. The second kappa shape index (κ2) is 5.50. The first-order valence-corrected chi connectivity index (χ1v) is 6.43. The number of benzene rings is 1. The van der Waals surface area contributed by atoms with E-state index in [9.17, 15) is 4.39 Å². The highest BCUT2D eigenvalue weighted by molar-refractivity contribution is 5.55. The van der Waals surface area contributed by atoms with E-state index in [0.29, 0.717) is 6.54 Å². The predicted octanol–water partition coefficient (Wildman–Crippen LogP) is 2.78. The average molecular weight is 236 g/mol. The van der Waals surface area contributed by atoms with Gasteiger partial charge in [-0.1, -0.05) is 12.1 Å². The van der Waals surface area contributed by atoms with Gasteiger partial charge in [0.05, 0.1) is 5.69 Å². The highest BCUT2D eigenvalue weighted by Gasteiger charge is 2.25. The Kier molecular flexibility index (Phi) is 4.00. The summed E-state index contributed by atoms with van der Waals surface area (Å²) in [6, 6.07) is 5.35. The molecule has 1 fully saturated rings. The number of nitrogens with zero attached hydrogens (tertiary/aromatic N) is 1. The molecule has 0 saturated heterocycles. The number of halogens is 1. The highest BCUT2D eigenvalue weighted by atomic mass is 19.1. The lowest BCUT2D eigenvalue weighted by atomic mass is 10.1. The van der Waals surface area contributed by atoms with Crippen LogP contribution in [0.15, 0.2) is 18.2 Å². The smallest absolute Gasteiger partial charge is 0.146 e. The van der Waals surface area contributed by atoms with Gasteiger partial charge < -0.3 is 10.2 Å².